The Labute approximate surface area is 147 Å². The van der Waals surface area contributed by atoms with Gasteiger partial charge in [-0.3, -0.25) is 0 Å². The number of benzene rings is 2. The molecule has 0 aliphatic heterocycles. The summed E-state index contributed by atoms with van der Waals surface area (Å²) in [5.41, 5.74) is 0.515. The zero-order valence-corrected chi connectivity index (χ0v) is 13.7. The molecule has 0 fully saturated rings. The molecule has 0 N–H and O–H groups in total. The second-order valence-corrected chi connectivity index (χ2v) is 5.15. The van der Waals surface area contributed by atoms with Crippen LogP contribution in [0.15, 0.2) is 47.0 Å². The number of hydrogen-bond acceptors (Lipinski definition) is 6. The summed E-state index contributed by atoms with van der Waals surface area (Å²) in [5.74, 6) is -2.07. The number of halogens is 2. The quantitative estimate of drug-likeness (QED) is 0.623. The first kappa shape index (κ1) is 17.5. The Kier molecular flexibility index (Phi) is 5.21. The summed E-state index contributed by atoms with van der Waals surface area (Å²) in [7, 11) is 0. The Morgan fingerprint density at radius 3 is 2.73 bits per heavy atom. The summed E-state index contributed by atoms with van der Waals surface area (Å²) in [6.45, 7) is 2.03. The summed E-state index contributed by atoms with van der Waals surface area (Å²) in [6, 6.07) is 9.90. The molecule has 3 aromatic rings. The fourth-order valence-corrected chi connectivity index (χ4v) is 2.19. The summed E-state index contributed by atoms with van der Waals surface area (Å²) in [4.78, 5) is 16.0. The number of hydrogen-bond donors (Lipinski definition) is 0. The van der Waals surface area contributed by atoms with Crippen LogP contribution in [-0.4, -0.2) is 22.7 Å². The summed E-state index contributed by atoms with van der Waals surface area (Å²) < 4.78 is 41.6. The van der Waals surface area contributed by atoms with Crippen LogP contribution in [0.3, 0.4) is 0 Å². The van der Waals surface area contributed by atoms with Gasteiger partial charge in [0.25, 0.3) is 5.89 Å². The zero-order valence-electron chi connectivity index (χ0n) is 13.7. The van der Waals surface area contributed by atoms with Gasteiger partial charge in [-0.25, -0.2) is 13.6 Å². The van der Waals surface area contributed by atoms with E-state index >= 15 is 0 Å². The van der Waals surface area contributed by atoms with E-state index < -0.39 is 17.6 Å². The van der Waals surface area contributed by atoms with Gasteiger partial charge in [-0.15, -0.1) is 0 Å². The Morgan fingerprint density at radius 1 is 1.15 bits per heavy atom. The molecule has 8 heteroatoms. The molecule has 0 saturated carbocycles. The minimum atomic E-state index is -1.13. The monoisotopic (exact) mass is 360 g/mol. The third kappa shape index (κ3) is 3.85. The van der Waals surface area contributed by atoms with Crippen LogP contribution in [0.4, 0.5) is 8.78 Å². The number of carbonyl (C=O) groups is 1. The van der Waals surface area contributed by atoms with E-state index in [-0.39, 0.29) is 23.9 Å². The maximum Gasteiger partial charge on any atom is 0.338 e. The average molecular weight is 360 g/mol. The van der Waals surface area contributed by atoms with Gasteiger partial charge >= 0.3 is 5.97 Å². The number of carbonyl (C=O) groups excluding carboxylic acids is 1. The van der Waals surface area contributed by atoms with Crippen molar-refractivity contribution < 1.29 is 27.6 Å². The van der Waals surface area contributed by atoms with E-state index in [1.54, 1.807) is 18.2 Å². The summed E-state index contributed by atoms with van der Waals surface area (Å²) >= 11 is 0. The smallest absolute Gasteiger partial charge is 0.338 e. The van der Waals surface area contributed by atoms with Crippen LogP contribution in [0, 0.1) is 11.6 Å². The summed E-state index contributed by atoms with van der Waals surface area (Å²) in [5, 5.41) is 3.84. The van der Waals surface area contributed by atoms with Gasteiger partial charge in [0.2, 0.25) is 5.82 Å². The number of ether oxygens (including phenoxy) is 2. The lowest BCUT2D eigenvalue weighted by Gasteiger charge is -2.06. The van der Waals surface area contributed by atoms with E-state index in [2.05, 4.69) is 10.1 Å². The molecular formula is C18H14F2N2O4. The third-order valence-electron chi connectivity index (χ3n) is 3.38. The van der Waals surface area contributed by atoms with E-state index in [0.717, 1.165) is 18.2 Å². The van der Waals surface area contributed by atoms with Crippen molar-refractivity contribution in [2.75, 3.05) is 6.61 Å². The molecule has 1 heterocycles. The number of para-hydroxylation sites is 1. The molecule has 6 nitrogen and oxygen atoms in total. The van der Waals surface area contributed by atoms with Gasteiger partial charge < -0.3 is 14.0 Å². The molecule has 0 bridgehead atoms. The van der Waals surface area contributed by atoms with E-state index in [9.17, 15) is 13.6 Å². The van der Waals surface area contributed by atoms with Crippen LogP contribution in [0.25, 0.3) is 11.4 Å². The molecular weight excluding hydrogens is 346 g/mol. The normalized spacial score (nSPS) is 10.6. The van der Waals surface area contributed by atoms with Crippen molar-refractivity contribution in [2.45, 2.75) is 13.5 Å². The second kappa shape index (κ2) is 7.73. The number of nitrogens with zero attached hydrogens (tertiary/aromatic N) is 2. The van der Waals surface area contributed by atoms with Crippen LogP contribution in [0.1, 0.15) is 23.2 Å². The van der Waals surface area contributed by atoms with Crippen molar-refractivity contribution in [3.63, 3.8) is 0 Å². The highest BCUT2D eigenvalue weighted by molar-refractivity contribution is 5.89. The van der Waals surface area contributed by atoms with Crippen molar-refractivity contribution in [3.8, 4) is 17.1 Å². The molecule has 0 unspecified atom stereocenters. The molecule has 0 radical (unpaired) electrons. The van der Waals surface area contributed by atoms with Crippen LogP contribution in [0.5, 0.6) is 5.75 Å². The first-order valence-electron chi connectivity index (χ1n) is 7.75. The molecule has 0 amide bonds. The van der Waals surface area contributed by atoms with Gasteiger partial charge in [-0.2, -0.15) is 4.98 Å². The molecule has 3 rings (SSSR count). The first-order valence-corrected chi connectivity index (χ1v) is 7.75. The molecule has 134 valence electrons. The van der Waals surface area contributed by atoms with E-state index in [1.807, 2.05) is 13.0 Å². The third-order valence-corrected chi connectivity index (χ3v) is 3.38. The molecule has 2 aromatic carbocycles. The molecule has 0 atom stereocenters. The second-order valence-electron chi connectivity index (χ2n) is 5.15. The van der Waals surface area contributed by atoms with Gasteiger partial charge in [0.1, 0.15) is 5.75 Å². The Bertz CT molecular complexity index is 927. The minimum absolute atomic E-state index is 0.0576. The fourth-order valence-electron chi connectivity index (χ4n) is 2.19. The Hall–Kier alpha value is -3.29. The van der Waals surface area contributed by atoms with Gasteiger partial charge in [0.05, 0.1) is 17.7 Å². The predicted molar refractivity (Wildman–Crippen MR) is 86.4 cm³/mol. The van der Waals surface area contributed by atoms with E-state index in [1.165, 1.54) is 0 Å². The lowest BCUT2D eigenvalue weighted by molar-refractivity contribution is 0.0429. The van der Waals surface area contributed by atoms with Crippen LogP contribution >= 0.6 is 0 Å². The lowest BCUT2D eigenvalue weighted by Crippen LogP contribution is -2.06. The minimum Gasteiger partial charge on any atom is -0.493 e. The molecule has 0 aliphatic carbocycles. The fraction of sp³-hybridized carbons (Fsp3) is 0.167. The molecule has 1 aromatic heterocycles. The van der Waals surface area contributed by atoms with E-state index in [0.29, 0.717) is 17.9 Å². The average Bonchev–Trinajstić information content (AvgIpc) is 3.11. The Morgan fingerprint density at radius 2 is 1.96 bits per heavy atom. The van der Waals surface area contributed by atoms with Crippen LogP contribution in [0.2, 0.25) is 0 Å². The van der Waals surface area contributed by atoms with Gasteiger partial charge in [0.15, 0.2) is 18.2 Å². The number of esters is 1. The van der Waals surface area contributed by atoms with Gasteiger partial charge in [0, 0.05) is 0 Å². The molecule has 0 saturated heterocycles. The van der Waals surface area contributed by atoms with Crippen molar-refractivity contribution in [2.24, 2.45) is 0 Å². The topological polar surface area (TPSA) is 74.5 Å². The lowest BCUT2D eigenvalue weighted by atomic mass is 10.2. The zero-order chi connectivity index (χ0) is 18.5. The maximum absolute atomic E-state index is 13.2. The first-order chi connectivity index (χ1) is 12.6. The largest absolute Gasteiger partial charge is 0.493 e. The maximum atomic E-state index is 13.2. The van der Waals surface area contributed by atoms with Crippen molar-refractivity contribution in [3.05, 3.63) is 65.6 Å². The molecule has 26 heavy (non-hydrogen) atoms. The highest BCUT2D eigenvalue weighted by Crippen LogP contribution is 2.27. The molecule has 0 aliphatic rings. The van der Waals surface area contributed by atoms with Crippen molar-refractivity contribution in [1.29, 1.82) is 0 Å². The Balaban J connectivity index is 1.69. The van der Waals surface area contributed by atoms with Gasteiger partial charge in [-0.05, 0) is 37.3 Å². The van der Waals surface area contributed by atoms with Gasteiger partial charge in [-0.1, -0.05) is 17.3 Å². The van der Waals surface area contributed by atoms with Crippen molar-refractivity contribution >= 4 is 5.97 Å². The van der Waals surface area contributed by atoms with Crippen LogP contribution < -0.4 is 4.74 Å². The van der Waals surface area contributed by atoms with Crippen molar-refractivity contribution in [1.82, 2.24) is 10.1 Å². The standard InChI is InChI=1S/C18H14F2N2O4/c1-2-24-15-6-4-3-5-12(15)17-21-16(26-22-17)10-25-18(23)11-7-8-13(19)14(20)9-11/h3-9H,2,10H2,1H3. The highest BCUT2D eigenvalue weighted by Gasteiger charge is 2.16. The SMILES string of the molecule is CCOc1ccccc1-c1noc(COC(=O)c2ccc(F)c(F)c2)n1. The molecule has 0 spiro atoms. The number of rotatable bonds is 6. The highest BCUT2D eigenvalue weighted by atomic mass is 19.2. The van der Waals surface area contributed by atoms with E-state index in [4.69, 9.17) is 14.0 Å². The number of aromatic nitrogens is 2. The van der Waals surface area contributed by atoms with Crippen LogP contribution in [-0.2, 0) is 11.3 Å². The summed E-state index contributed by atoms with van der Waals surface area (Å²) in [6.07, 6.45) is 0. The predicted octanol–water partition coefficient (Wildman–Crippen LogP) is 3.77.